The van der Waals surface area contributed by atoms with Crippen LogP contribution in [0.4, 0.5) is 17.2 Å². The van der Waals surface area contributed by atoms with Crippen LogP contribution in [0.1, 0.15) is 10.4 Å². The molecule has 0 saturated carbocycles. The Kier molecular flexibility index (Phi) is 5.36. The lowest BCUT2D eigenvalue weighted by molar-refractivity contribution is 0.0601. The van der Waals surface area contributed by atoms with Gasteiger partial charge in [0.05, 0.1) is 19.8 Å². The van der Waals surface area contributed by atoms with E-state index in [2.05, 4.69) is 20.0 Å². The minimum absolute atomic E-state index is 0.226. The minimum atomic E-state index is -0.404. The van der Waals surface area contributed by atoms with E-state index in [1.807, 2.05) is 0 Å². The molecule has 3 aromatic rings. The lowest BCUT2D eigenvalue weighted by Gasteiger charge is -2.12. The van der Waals surface area contributed by atoms with Crippen LogP contribution < -0.4 is 20.5 Å². The van der Waals surface area contributed by atoms with Crippen molar-refractivity contribution < 1.29 is 19.0 Å². The predicted octanol–water partition coefficient (Wildman–Crippen LogP) is 3.39. The zero-order valence-corrected chi connectivity index (χ0v) is 14.8. The van der Waals surface area contributed by atoms with Crippen LogP contribution in [0.3, 0.4) is 0 Å². The number of aromatic nitrogens is 2. The van der Waals surface area contributed by atoms with E-state index in [1.54, 1.807) is 55.6 Å². The molecule has 8 nitrogen and oxygen atoms in total. The van der Waals surface area contributed by atoms with Crippen LogP contribution in [-0.4, -0.2) is 30.2 Å². The van der Waals surface area contributed by atoms with Crippen molar-refractivity contribution in [3.05, 3.63) is 60.4 Å². The van der Waals surface area contributed by atoms with Crippen molar-refractivity contribution in [1.29, 1.82) is 0 Å². The normalized spacial score (nSPS) is 10.1. The Morgan fingerprint density at radius 1 is 0.963 bits per heavy atom. The fourth-order valence-corrected chi connectivity index (χ4v) is 2.26. The van der Waals surface area contributed by atoms with Crippen LogP contribution >= 0.6 is 0 Å². The lowest BCUT2D eigenvalue weighted by atomic mass is 10.2. The molecule has 3 rings (SSSR count). The Labute approximate surface area is 155 Å². The molecule has 1 heterocycles. The Bertz CT molecular complexity index is 927. The van der Waals surface area contributed by atoms with Gasteiger partial charge in [-0.2, -0.15) is 4.98 Å². The number of rotatable bonds is 6. The van der Waals surface area contributed by atoms with Crippen molar-refractivity contribution in [2.75, 3.05) is 25.3 Å². The van der Waals surface area contributed by atoms with Gasteiger partial charge in [-0.3, -0.25) is 0 Å². The first kappa shape index (κ1) is 18.0. The molecule has 0 amide bonds. The van der Waals surface area contributed by atoms with Crippen LogP contribution in [0.2, 0.25) is 0 Å². The molecule has 0 fully saturated rings. The quantitative estimate of drug-likeness (QED) is 0.639. The van der Waals surface area contributed by atoms with Gasteiger partial charge in [0.2, 0.25) is 5.88 Å². The first-order chi connectivity index (χ1) is 13.1. The molecule has 0 bridgehead atoms. The van der Waals surface area contributed by atoms with Crippen LogP contribution in [0, 0.1) is 0 Å². The molecule has 0 spiro atoms. The monoisotopic (exact) mass is 366 g/mol. The molecule has 1 aromatic heterocycles. The van der Waals surface area contributed by atoms with Gasteiger partial charge in [0.25, 0.3) is 0 Å². The number of methoxy groups -OCH3 is 2. The molecule has 2 aromatic carbocycles. The number of nitrogens with two attached hydrogens (primary N) is 1. The van der Waals surface area contributed by atoms with E-state index in [-0.39, 0.29) is 11.6 Å². The van der Waals surface area contributed by atoms with Gasteiger partial charge in [-0.1, -0.05) is 0 Å². The van der Waals surface area contributed by atoms with Crippen molar-refractivity contribution in [2.45, 2.75) is 0 Å². The smallest absolute Gasteiger partial charge is 0.337 e. The van der Waals surface area contributed by atoms with Gasteiger partial charge in [0.15, 0.2) is 5.82 Å². The van der Waals surface area contributed by atoms with E-state index in [1.165, 1.54) is 13.4 Å². The summed E-state index contributed by atoms with van der Waals surface area (Å²) in [6.07, 6.45) is 1.35. The van der Waals surface area contributed by atoms with E-state index >= 15 is 0 Å². The maximum absolute atomic E-state index is 11.5. The zero-order chi connectivity index (χ0) is 19.2. The number of esters is 1. The highest BCUT2D eigenvalue weighted by atomic mass is 16.5. The maximum atomic E-state index is 11.5. The van der Waals surface area contributed by atoms with Crippen LogP contribution in [-0.2, 0) is 4.74 Å². The summed E-state index contributed by atoms with van der Waals surface area (Å²) in [5, 5.41) is 3.07. The summed E-state index contributed by atoms with van der Waals surface area (Å²) < 4.78 is 15.5. The molecule has 0 unspecified atom stereocenters. The number of ether oxygens (including phenoxy) is 3. The van der Waals surface area contributed by atoms with Gasteiger partial charge in [-0.15, -0.1) is 0 Å². The molecule has 0 aliphatic heterocycles. The molecule has 0 radical (unpaired) electrons. The first-order valence-electron chi connectivity index (χ1n) is 7.98. The van der Waals surface area contributed by atoms with E-state index in [9.17, 15) is 4.79 Å². The molecule has 0 aliphatic rings. The Balaban J connectivity index is 1.77. The molecule has 27 heavy (non-hydrogen) atoms. The van der Waals surface area contributed by atoms with E-state index in [4.69, 9.17) is 15.2 Å². The van der Waals surface area contributed by atoms with Gasteiger partial charge in [-0.05, 0) is 48.5 Å². The molecule has 3 N–H and O–H groups in total. The number of benzene rings is 2. The minimum Gasteiger partial charge on any atom is -0.497 e. The summed E-state index contributed by atoms with van der Waals surface area (Å²) in [4.78, 5) is 19.7. The topological polar surface area (TPSA) is 109 Å². The number of anilines is 3. The SMILES string of the molecule is COC(=O)c1ccc(Nc2ncnc(Oc3ccc(OC)cc3)c2N)cc1. The van der Waals surface area contributed by atoms with Gasteiger partial charge < -0.3 is 25.3 Å². The Hall–Kier alpha value is -3.81. The van der Waals surface area contributed by atoms with Crippen LogP contribution in [0.5, 0.6) is 17.4 Å². The molecule has 0 aliphatic carbocycles. The number of hydrogen-bond donors (Lipinski definition) is 2. The third-order valence-electron chi connectivity index (χ3n) is 3.69. The van der Waals surface area contributed by atoms with Crippen LogP contribution in [0.25, 0.3) is 0 Å². The van der Waals surface area contributed by atoms with Crippen molar-refractivity contribution >= 4 is 23.2 Å². The average Bonchev–Trinajstić information content (AvgIpc) is 2.71. The summed E-state index contributed by atoms with van der Waals surface area (Å²) in [6.45, 7) is 0. The average molecular weight is 366 g/mol. The molecule has 138 valence electrons. The summed E-state index contributed by atoms with van der Waals surface area (Å²) in [5.74, 6) is 1.49. The standard InChI is InChI=1S/C19H18N4O4/c1-25-14-7-9-15(10-8-14)27-18-16(20)17(21-11-22-18)23-13-5-3-12(4-6-13)19(24)26-2/h3-11H,20H2,1-2H3,(H,21,22,23). The number of carbonyl (C=O) groups is 1. The molecule has 0 atom stereocenters. The van der Waals surface area contributed by atoms with Crippen molar-refractivity contribution in [2.24, 2.45) is 0 Å². The van der Waals surface area contributed by atoms with Crippen molar-refractivity contribution in [3.8, 4) is 17.4 Å². The first-order valence-corrected chi connectivity index (χ1v) is 7.98. The van der Waals surface area contributed by atoms with Gasteiger partial charge in [0, 0.05) is 5.69 Å². The van der Waals surface area contributed by atoms with E-state index < -0.39 is 5.97 Å². The third kappa shape index (κ3) is 4.24. The highest BCUT2D eigenvalue weighted by Gasteiger charge is 2.11. The molecular formula is C19H18N4O4. The van der Waals surface area contributed by atoms with Crippen molar-refractivity contribution in [1.82, 2.24) is 9.97 Å². The van der Waals surface area contributed by atoms with Gasteiger partial charge >= 0.3 is 5.97 Å². The third-order valence-corrected chi connectivity index (χ3v) is 3.69. The van der Waals surface area contributed by atoms with E-state index in [0.29, 0.717) is 22.8 Å². The number of carbonyl (C=O) groups excluding carboxylic acids is 1. The molecule has 0 saturated heterocycles. The van der Waals surface area contributed by atoms with Crippen molar-refractivity contribution in [3.63, 3.8) is 0 Å². The molecule has 8 heteroatoms. The summed E-state index contributed by atoms with van der Waals surface area (Å²) >= 11 is 0. The number of nitrogens with one attached hydrogen (secondary N) is 1. The largest absolute Gasteiger partial charge is 0.497 e. The zero-order valence-electron chi connectivity index (χ0n) is 14.8. The van der Waals surface area contributed by atoms with Gasteiger partial charge in [-0.25, -0.2) is 9.78 Å². The van der Waals surface area contributed by atoms with Crippen LogP contribution in [0.15, 0.2) is 54.9 Å². The Morgan fingerprint density at radius 2 is 1.63 bits per heavy atom. The number of nitrogen functional groups attached to an aromatic ring is 1. The molecular weight excluding hydrogens is 348 g/mol. The summed E-state index contributed by atoms with van der Waals surface area (Å²) in [6, 6.07) is 13.8. The highest BCUT2D eigenvalue weighted by Crippen LogP contribution is 2.31. The predicted molar refractivity (Wildman–Crippen MR) is 101 cm³/mol. The summed E-state index contributed by atoms with van der Waals surface area (Å²) in [7, 11) is 2.92. The second-order valence-corrected chi connectivity index (χ2v) is 5.41. The maximum Gasteiger partial charge on any atom is 0.337 e. The number of hydrogen-bond acceptors (Lipinski definition) is 8. The van der Waals surface area contributed by atoms with Gasteiger partial charge in [0.1, 0.15) is 23.5 Å². The second kappa shape index (κ2) is 8.05. The Morgan fingerprint density at radius 3 is 2.26 bits per heavy atom. The second-order valence-electron chi connectivity index (χ2n) is 5.41. The summed E-state index contributed by atoms with van der Waals surface area (Å²) in [5.41, 5.74) is 7.52. The van der Waals surface area contributed by atoms with E-state index in [0.717, 1.165) is 5.75 Å². The number of nitrogens with zero attached hydrogens (tertiary/aromatic N) is 2. The fraction of sp³-hybridized carbons (Fsp3) is 0.105. The highest BCUT2D eigenvalue weighted by molar-refractivity contribution is 5.89. The fourth-order valence-electron chi connectivity index (χ4n) is 2.26. The lowest BCUT2D eigenvalue weighted by Crippen LogP contribution is -2.04.